The number of nitrogens with zero attached hydrogens (tertiary/aromatic N) is 3. The highest BCUT2D eigenvalue weighted by molar-refractivity contribution is 6.29. The third-order valence-corrected chi connectivity index (χ3v) is 3.44. The number of hydrogen-bond donors (Lipinski definition) is 1. The van der Waals surface area contributed by atoms with Crippen molar-refractivity contribution >= 4 is 17.4 Å². The summed E-state index contributed by atoms with van der Waals surface area (Å²) in [5, 5.41) is 3.97. The molecule has 1 N–H and O–H groups in total. The summed E-state index contributed by atoms with van der Waals surface area (Å²) in [7, 11) is 2.17. The van der Waals surface area contributed by atoms with Crippen LogP contribution in [0, 0.1) is 12.8 Å². The second kappa shape index (κ2) is 5.19. The summed E-state index contributed by atoms with van der Waals surface area (Å²) >= 11 is 5.93. The van der Waals surface area contributed by atoms with E-state index in [1.807, 2.05) is 6.92 Å². The Morgan fingerprint density at radius 1 is 1.47 bits per heavy atom. The van der Waals surface area contributed by atoms with E-state index in [4.69, 9.17) is 11.6 Å². The molecule has 94 valence electrons. The Bertz CT molecular complexity index is 376. The van der Waals surface area contributed by atoms with E-state index >= 15 is 0 Å². The lowest BCUT2D eigenvalue weighted by Gasteiger charge is -2.35. The highest BCUT2D eigenvalue weighted by Crippen LogP contribution is 2.20. The first kappa shape index (κ1) is 12.6. The third-order valence-electron chi connectivity index (χ3n) is 3.25. The number of halogens is 1. The van der Waals surface area contributed by atoms with Crippen molar-refractivity contribution < 1.29 is 0 Å². The van der Waals surface area contributed by atoms with Gasteiger partial charge in [-0.15, -0.1) is 0 Å². The van der Waals surface area contributed by atoms with Crippen molar-refractivity contribution in [3.63, 3.8) is 0 Å². The Morgan fingerprint density at radius 3 is 2.88 bits per heavy atom. The zero-order chi connectivity index (χ0) is 12.4. The second-order valence-electron chi connectivity index (χ2n) is 4.90. The Hall–Kier alpha value is -0.870. The monoisotopic (exact) mass is 254 g/mol. The van der Waals surface area contributed by atoms with Gasteiger partial charge >= 0.3 is 0 Å². The van der Waals surface area contributed by atoms with E-state index in [2.05, 4.69) is 34.2 Å². The van der Waals surface area contributed by atoms with E-state index in [1.165, 1.54) is 0 Å². The first-order valence-electron chi connectivity index (χ1n) is 6.01. The largest absolute Gasteiger partial charge is 0.367 e. The molecule has 1 aromatic rings. The van der Waals surface area contributed by atoms with Gasteiger partial charge in [0.25, 0.3) is 0 Å². The van der Waals surface area contributed by atoms with Gasteiger partial charge in [0.1, 0.15) is 16.8 Å². The molecule has 0 bridgehead atoms. The maximum Gasteiger partial charge on any atom is 0.134 e. The van der Waals surface area contributed by atoms with Gasteiger partial charge in [-0.1, -0.05) is 18.5 Å². The molecule has 2 rings (SSSR count). The lowest BCUT2D eigenvalue weighted by atomic mass is 9.94. The fourth-order valence-corrected chi connectivity index (χ4v) is 2.59. The van der Waals surface area contributed by atoms with Gasteiger partial charge in [-0.3, -0.25) is 0 Å². The molecular weight excluding hydrogens is 236 g/mol. The Balaban J connectivity index is 2.05. The van der Waals surface area contributed by atoms with Gasteiger partial charge in [-0.2, -0.15) is 0 Å². The smallest absolute Gasteiger partial charge is 0.134 e. The SMILES string of the molecule is Cc1nc(Cl)cc(NC2CCN(C)CC2C)n1. The van der Waals surface area contributed by atoms with Crippen molar-refractivity contribution in [1.29, 1.82) is 0 Å². The van der Waals surface area contributed by atoms with Crippen LogP contribution in [0.25, 0.3) is 0 Å². The molecule has 1 aliphatic heterocycles. The Labute approximate surface area is 107 Å². The minimum Gasteiger partial charge on any atom is -0.367 e. The van der Waals surface area contributed by atoms with E-state index in [0.717, 1.165) is 25.3 Å². The zero-order valence-corrected chi connectivity index (χ0v) is 11.3. The van der Waals surface area contributed by atoms with Crippen LogP contribution >= 0.6 is 11.6 Å². The minimum atomic E-state index is 0.469. The van der Waals surface area contributed by atoms with E-state index in [-0.39, 0.29) is 0 Å². The first-order chi connectivity index (χ1) is 8.04. The van der Waals surface area contributed by atoms with Gasteiger partial charge in [-0.25, -0.2) is 9.97 Å². The predicted octanol–water partition coefficient (Wildman–Crippen LogP) is 2.19. The van der Waals surface area contributed by atoms with Crippen LogP contribution in [0.1, 0.15) is 19.2 Å². The van der Waals surface area contributed by atoms with Gasteiger partial charge in [0.05, 0.1) is 0 Å². The van der Waals surface area contributed by atoms with Crippen LogP contribution in [0.2, 0.25) is 5.15 Å². The summed E-state index contributed by atoms with van der Waals surface area (Å²) in [4.78, 5) is 10.8. The molecule has 1 aliphatic rings. The molecule has 0 aliphatic carbocycles. The number of nitrogens with one attached hydrogen (secondary N) is 1. The Kier molecular flexibility index (Phi) is 3.84. The summed E-state index contributed by atoms with van der Waals surface area (Å²) in [5.74, 6) is 2.16. The molecule has 17 heavy (non-hydrogen) atoms. The molecule has 0 spiro atoms. The molecule has 0 radical (unpaired) electrons. The topological polar surface area (TPSA) is 41.1 Å². The lowest BCUT2D eigenvalue weighted by molar-refractivity contribution is 0.206. The van der Waals surface area contributed by atoms with Crippen molar-refractivity contribution in [3.05, 3.63) is 17.0 Å². The number of anilines is 1. The quantitative estimate of drug-likeness (QED) is 0.822. The van der Waals surface area contributed by atoms with Crippen LogP contribution in [-0.4, -0.2) is 41.0 Å². The van der Waals surface area contributed by atoms with Crippen molar-refractivity contribution in [1.82, 2.24) is 14.9 Å². The van der Waals surface area contributed by atoms with Crippen LogP contribution in [0.15, 0.2) is 6.07 Å². The number of aromatic nitrogens is 2. The highest BCUT2D eigenvalue weighted by atomic mass is 35.5. The van der Waals surface area contributed by atoms with E-state index in [1.54, 1.807) is 6.07 Å². The van der Waals surface area contributed by atoms with Gasteiger partial charge in [0, 0.05) is 18.7 Å². The van der Waals surface area contributed by atoms with Gasteiger partial charge in [-0.05, 0) is 32.9 Å². The average Bonchev–Trinajstić information content (AvgIpc) is 2.21. The summed E-state index contributed by atoms with van der Waals surface area (Å²) in [6.07, 6.45) is 1.14. The summed E-state index contributed by atoms with van der Waals surface area (Å²) in [6, 6.07) is 2.26. The molecule has 2 unspecified atom stereocenters. The third kappa shape index (κ3) is 3.30. The number of piperidine rings is 1. The van der Waals surface area contributed by atoms with Crippen molar-refractivity contribution in [3.8, 4) is 0 Å². The van der Waals surface area contributed by atoms with Crippen LogP contribution in [0.5, 0.6) is 0 Å². The lowest BCUT2D eigenvalue weighted by Crippen LogP contribution is -2.43. The van der Waals surface area contributed by atoms with E-state index in [9.17, 15) is 0 Å². The highest BCUT2D eigenvalue weighted by Gasteiger charge is 2.24. The molecule has 0 amide bonds. The Morgan fingerprint density at radius 2 is 2.24 bits per heavy atom. The standard InChI is InChI=1S/C12H19ClN4/c1-8-7-17(3)5-4-10(8)16-12-6-11(13)14-9(2)15-12/h6,8,10H,4-5,7H2,1-3H3,(H,14,15,16). The van der Waals surface area contributed by atoms with Crippen molar-refractivity contribution in [2.24, 2.45) is 5.92 Å². The van der Waals surface area contributed by atoms with Gasteiger partial charge in [0.15, 0.2) is 0 Å². The van der Waals surface area contributed by atoms with Gasteiger partial charge < -0.3 is 10.2 Å². The molecule has 2 atom stereocenters. The molecule has 1 aromatic heterocycles. The number of likely N-dealkylation sites (tertiary alicyclic amines) is 1. The van der Waals surface area contributed by atoms with Crippen molar-refractivity contribution in [2.45, 2.75) is 26.3 Å². The number of hydrogen-bond acceptors (Lipinski definition) is 4. The fraction of sp³-hybridized carbons (Fsp3) is 0.667. The normalized spacial score (nSPS) is 25.9. The first-order valence-corrected chi connectivity index (χ1v) is 6.38. The maximum absolute atomic E-state index is 5.93. The predicted molar refractivity (Wildman–Crippen MR) is 70.5 cm³/mol. The molecule has 0 saturated carbocycles. The number of rotatable bonds is 2. The fourth-order valence-electron chi connectivity index (χ4n) is 2.36. The summed E-state index contributed by atoms with van der Waals surface area (Å²) in [6.45, 7) is 6.37. The molecule has 2 heterocycles. The van der Waals surface area contributed by atoms with E-state index < -0.39 is 0 Å². The maximum atomic E-state index is 5.93. The van der Waals surface area contributed by atoms with Crippen LogP contribution in [0.4, 0.5) is 5.82 Å². The molecule has 5 heteroatoms. The molecule has 1 saturated heterocycles. The van der Waals surface area contributed by atoms with E-state index in [0.29, 0.717) is 22.9 Å². The second-order valence-corrected chi connectivity index (χ2v) is 5.29. The molecule has 4 nitrogen and oxygen atoms in total. The number of aryl methyl sites for hydroxylation is 1. The zero-order valence-electron chi connectivity index (χ0n) is 10.6. The summed E-state index contributed by atoms with van der Waals surface area (Å²) in [5.41, 5.74) is 0. The molecule has 0 aromatic carbocycles. The molecular formula is C12H19ClN4. The molecule has 1 fully saturated rings. The minimum absolute atomic E-state index is 0.469. The van der Waals surface area contributed by atoms with Crippen molar-refractivity contribution in [2.75, 3.05) is 25.5 Å². The van der Waals surface area contributed by atoms with Crippen LogP contribution in [0.3, 0.4) is 0 Å². The van der Waals surface area contributed by atoms with Crippen LogP contribution < -0.4 is 5.32 Å². The van der Waals surface area contributed by atoms with Gasteiger partial charge in [0.2, 0.25) is 0 Å². The van der Waals surface area contributed by atoms with Crippen LogP contribution in [-0.2, 0) is 0 Å². The summed E-state index contributed by atoms with van der Waals surface area (Å²) < 4.78 is 0. The average molecular weight is 255 g/mol.